The van der Waals surface area contributed by atoms with Gasteiger partial charge in [-0.1, -0.05) is 12.1 Å². The fourth-order valence-corrected chi connectivity index (χ4v) is 1.70. The van der Waals surface area contributed by atoms with Crippen LogP contribution in [0.5, 0.6) is 5.75 Å². The van der Waals surface area contributed by atoms with Crippen molar-refractivity contribution < 1.29 is 14.6 Å². The molecule has 0 spiro atoms. The van der Waals surface area contributed by atoms with Crippen LogP contribution in [0.15, 0.2) is 48.8 Å². The first kappa shape index (κ1) is 12.9. The number of carboxylic acids is 1. The molecule has 19 heavy (non-hydrogen) atoms. The van der Waals surface area contributed by atoms with Gasteiger partial charge in [0, 0.05) is 12.4 Å². The molecule has 1 unspecified atom stereocenters. The lowest BCUT2D eigenvalue weighted by Crippen LogP contribution is -2.20. The van der Waals surface area contributed by atoms with Gasteiger partial charge in [-0.05, 0) is 29.8 Å². The molecule has 2 rings (SSSR count). The molecular weight excluding hydrogens is 244 g/mol. The van der Waals surface area contributed by atoms with Gasteiger partial charge in [-0.15, -0.1) is 0 Å². The molecule has 98 valence electrons. The second-order valence-electron chi connectivity index (χ2n) is 3.93. The summed E-state index contributed by atoms with van der Waals surface area (Å²) in [5, 5.41) is 12.2. The molecule has 1 aromatic carbocycles. The number of pyridine rings is 1. The molecule has 0 radical (unpaired) electrons. The zero-order chi connectivity index (χ0) is 13.7. The first-order valence-corrected chi connectivity index (χ1v) is 5.74. The van der Waals surface area contributed by atoms with Crippen molar-refractivity contribution in [3.8, 4) is 5.75 Å². The highest BCUT2D eigenvalue weighted by Crippen LogP contribution is 2.21. The third-order valence-electron chi connectivity index (χ3n) is 2.67. The van der Waals surface area contributed by atoms with E-state index >= 15 is 0 Å². The molecule has 5 heteroatoms. The van der Waals surface area contributed by atoms with Crippen molar-refractivity contribution in [3.63, 3.8) is 0 Å². The van der Waals surface area contributed by atoms with Crippen LogP contribution in [0.2, 0.25) is 0 Å². The number of hydrogen-bond donors (Lipinski definition) is 2. The summed E-state index contributed by atoms with van der Waals surface area (Å²) >= 11 is 0. The number of carboxylic acid groups (broad SMARTS) is 1. The van der Waals surface area contributed by atoms with E-state index in [1.54, 1.807) is 55.9 Å². The maximum Gasteiger partial charge on any atom is 0.330 e. The highest BCUT2D eigenvalue weighted by atomic mass is 16.5. The Bertz CT molecular complexity index is 540. The number of rotatable bonds is 5. The van der Waals surface area contributed by atoms with Crippen molar-refractivity contribution in [2.24, 2.45) is 0 Å². The summed E-state index contributed by atoms with van der Waals surface area (Å²) in [6.07, 6.45) is 3.22. The van der Waals surface area contributed by atoms with E-state index in [-0.39, 0.29) is 0 Å². The molecule has 0 bridgehead atoms. The van der Waals surface area contributed by atoms with E-state index in [0.29, 0.717) is 17.0 Å². The smallest absolute Gasteiger partial charge is 0.330 e. The number of hydrogen-bond acceptors (Lipinski definition) is 4. The molecule has 1 aromatic heterocycles. The Hall–Kier alpha value is -2.56. The van der Waals surface area contributed by atoms with Crippen LogP contribution < -0.4 is 10.1 Å². The Labute approximate surface area is 110 Å². The Morgan fingerprint density at radius 2 is 2.05 bits per heavy atom. The Morgan fingerprint density at radius 1 is 1.32 bits per heavy atom. The number of aromatic nitrogens is 1. The monoisotopic (exact) mass is 258 g/mol. The second kappa shape index (κ2) is 5.86. The van der Waals surface area contributed by atoms with E-state index in [2.05, 4.69) is 10.3 Å². The summed E-state index contributed by atoms with van der Waals surface area (Å²) in [7, 11) is 1.57. The summed E-state index contributed by atoms with van der Waals surface area (Å²) < 4.78 is 5.05. The molecule has 0 aliphatic rings. The molecule has 0 saturated carbocycles. The number of benzene rings is 1. The first-order valence-electron chi connectivity index (χ1n) is 5.74. The van der Waals surface area contributed by atoms with E-state index in [4.69, 9.17) is 4.74 Å². The molecule has 0 fully saturated rings. The Morgan fingerprint density at radius 3 is 2.58 bits per heavy atom. The van der Waals surface area contributed by atoms with Gasteiger partial charge in [0.05, 0.1) is 12.8 Å². The van der Waals surface area contributed by atoms with Crippen molar-refractivity contribution in [2.45, 2.75) is 6.04 Å². The van der Waals surface area contributed by atoms with Crippen LogP contribution >= 0.6 is 0 Å². The van der Waals surface area contributed by atoms with Gasteiger partial charge < -0.3 is 15.2 Å². The third kappa shape index (κ3) is 3.22. The molecule has 5 nitrogen and oxygen atoms in total. The van der Waals surface area contributed by atoms with Crippen LogP contribution in [-0.2, 0) is 4.79 Å². The minimum Gasteiger partial charge on any atom is -0.497 e. The minimum atomic E-state index is -0.950. The van der Waals surface area contributed by atoms with Crippen LogP contribution in [0.3, 0.4) is 0 Å². The van der Waals surface area contributed by atoms with E-state index in [0.717, 1.165) is 0 Å². The topological polar surface area (TPSA) is 71.5 Å². The molecule has 2 N–H and O–H groups in total. The number of anilines is 1. The fourth-order valence-electron chi connectivity index (χ4n) is 1.70. The number of ether oxygens (including phenoxy) is 1. The first-order chi connectivity index (χ1) is 9.20. The van der Waals surface area contributed by atoms with Crippen molar-refractivity contribution in [2.75, 3.05) is 12.4 Å². The molecule has 2 aromatic rings. The summed E-state index contributed by atoms with van der Waals surface area (Å²) in [6.45, 7) is 0. The van der Waals surface area contributed by atoms with Crippen molar-refractivity contribution in [1.29, 1.82) is 0 Å². The molecule has 1 heterocycles. The van der Waals surface area contributed by atoms with Crippen LogP contribution in [0.25, 0.3) is 0 Å². The van der Waals surface area contributed by atoms with Gasteiger partial charge in [0.25, 0.3) is 0 Å². The SMILES string of the molecule is COc1ccc(C(Nc2cccnc2)C(=O)O)cc1. The summed E-state index contributed by atoms with van der Waals surface area (Å²) in [4.78, 5) is 15.3. The molecule has 0 aliphatic heterocycles. The predicted octanol–water partition coefficient (Wildman–Crippen LogP) is 2.33. The maximum absolute atomic E-state index is 11.3. The van der Waals surface area contributed by atoms with Crippen LogP contribution in [0.1, 0.15) is 11.6 Å². The fraction of sp³-hybridized carbons (Fsp3) is 0.143. The highest BCUT2D eigenvalue weighted by molar-refractivity contribution is 5.79. The number of aliphatic carboxylic acids is 1. The largest absolute Gasteiger partial charge is 0.497 e. The van der Waals surface area contributed by atoms with E-state index in [1.807, 2.05) is 0 Å². The lowest BCUT2D eigenvalue weighted by atomic mass is 10.1. The standard InChI is InChI=1S/C14H14N2O3/c1-19-12-6-4-10(5-7-12)13(14(17)18)16-11-3-2-8-15-9-11/h2-9,13,16H,1H3,(H,17,18). The van der Waals surface area contributed by atoms with Gasteiger partial charge in [-0.3, -0.25) is 4.98 Å². The van der Waals surface area contributed by atoms with Gasteiger partial charge in [-0.25, -0.2) is 4.79 Å². The zero-order valence-corrected chi connectivity index (χ0v) is 10.4. The predicted molar refractivity (Wildman–Crippen MR) is 71.2 cm³/mol. The summed E-state index contributed by atoms with van der Waals surface area (Å²) in [6, 6.07) is 9.60. The third-order valence-corrected chi connectivity index (χ3v) is 2.67. The zero-order valence-electron chi connectivity index (χ0n) is 10.4. The van der Waals surface area contributed by atoms with Gasteiger partial charge >= 0.3 is 5.97 Å². The Balaban J connectivity index is 2.22. The normalized spacial score (nSPS) is 11.6. The Kier molecular flexibility index (Phi) is 3.97. The lowest BCUT2D eigenvalue weighted by molar-refractivity contribution is -0.138. The number of nitrogens with zero attached hydrogens (tertiary/aromatic N) is 1. The van der Waals surface area contributed by atoms with Gasteiger partial charge in [0.15, 0.2) is 6.04 Å². The molecule has 0 saturated heterocycles. The molecule has 1 atom stereocenters. The van der Waals surface area contributed by atoms with Crippen molar-refractivity contribution >= 4 is 11.7 Å². The number of methoxy groups -OCH3 is 1. The average Bonchev–Trinajstić information content (AvgIpc) is 2.46. The van der Waals surface area contributed by atoms with Crippen LogP contribution in [0.4, 0.5) is 5.69 Å². The molecule has 0 amide bonds. The van der Waals surface area contributed by atoms with E-state index in [1.165, 1.54) is 0 Å². The molecule has 0 aliphatic carbocycles. The van der Waals surface area contributed by atoms with Crippen molar-refractivity contribution in [3.05, 3.63) is 54.4 Å². The average molecular weight is 258 g/mol. The van der Waals surface area contributed by atoms with Gasteiger partial charge in [0.1, 0.15) is 5.75 Å². The van der Waals surface area contributed by atoms with Gasteiger partial charge in [0.2, 0.25) is 0 Å². The maximum atomic E-state index is 11.3. The lowest BCUT2D eigenvalue weighted by Gasteiger charge is -2.16. The summed E-state index contributed by atoms with van der Waals surface area (Å²) in [5.41, 5.74) is 1.31. The van der Waals surface area contributed by atoms with Crippen molar-refractivity contribution in [1.82, 2.24) is 4.98 Å². The van der Waals surface area contributed by atoms with Gasteiger partial charge in [-0.2, -0.15) is 0 Å². The highest BCUT2D eigenvalue weighted by Gasteiger charge is 2.19. The number of carbonyl (C=O) groups is 1. The minimum absolute atomic E-state index is 0.650. The molecular formula is C14H14N2O3. The van der Waals surface area contributed by atoms with E-state index < -0.39 is 12.0 Å². The quantitative estimate of drug-likeness (QED) is 0.861. The van der Waals surface area contributed by atoms with Crippen LogP contribution in [-0.4, -0.2) is 23.2 Å². The van der Waals surface area contributed by atoms with E-state index in [9.17, 15) is 9.90 Å². The van der Waals surface area contributed by atoms with Crippen LogP contribution in [0, 0.1) is 0 Å². The second-order valence-corrected chi connectivity index (χ2v) is 3.93. The number of nitrogens with one attached hydrogen (secondary N) is 1. The summed E-state index contributed by atoms with van der Waals surface area (Å²) in [5.74, 6) is -0.261.